The van der Waals surface area contributed by atoms with Gasteiger partial charge in [-0.3, -0.25) is 9.59 Å². The van der Waals surface area contributed by atoms with E-state index in [-0.39, 0.29) is 24.9 Å². The van der Waals surface area contributed by atoms with Gasteiger partial charge in [0.25, 0.3) is 5.91 Å². The number of amides is 1. The van der Waals surface area contributed by atoms with Crippen molar-refractivity contribution in [2.45, 2.75) is 19.8 Å². The van der Waals surface area contributed by atoms with Crippen molar-refractivity contribution in [1.29, 1.82) is 0 Å². The summed E-state index contributed by atoms with van der Waals surface area (Å²) in [6.45, 7) is 3.79. The van der Waals surface area contributed by atoms with Gasteiger partial charge in [0.05, 0.1) is 5.69 Å². The summed E-state index contributed by atoms with van der Waals surface area (Å²) in [6, 6.07) is 12.6. The van der Waals surface area contributed by atoms with Crippen LogP contribution in [0.3, 0.4) is 0 Å². The molecule has 1 N–H and O–H groups in total. The van der Waals surface area contributed by atoms with Crippen LogP contribution in [0.4, 0.5) is 5.69 Å². The Kier molecular flexibility index (Phi) is 5.89. The number of benzene rings is 2. The van der Waals surface area contributed by atoms with Gasteiger partial charge in [-0.2, -0.15) is 0 Å². The van der Waals surface area contributed by atoms with E-state index in [9.17, 15) is 14.4 Å². The van der Waals surface area contributed by atoms with Crippen molar-refractivity contribution in [3.8, 4) is 5.75 Å². The van der Waals surface area contributed by atoms with Gasteiger partial charge in [0.15, 0.2) is 19.0 Å². The van der Waals surface area contributed by atoms with Crippen LogP contribution in [-0.2, 0) is 14.3 Å². The quantitative estimate of drug-likeness (QED) is 0.471. The Labute approximate surface area is 163 Å². The van der Waals surface area contributed by atoms with E-state index < -0.39 is 5.97 Å². The Hall–Kier alpha value is -3.41. The fraction of sp³-hybridized carbons (Fsp3) is 0.227. The van der Waals surface area contributed by atoms with Gasteiger partial charge in [0.2, 0.25) is 0 Å². The number of hydrogen-bond acceptors (Lipinski definition) is 5. The predicted octanol–water partition coefficient (Wildman–Crippen LogP) is 3.58. The van der Waals surface area contributed by atoms with E-state index in [1.807, 2.05) is 24.3 Å². The smallest absolute Gasteiger partial charge is 0.331 e. The first-order valence-corrected chi connectivity index (χ1v) is 8.97. The highest BCUT2D eigenvalue weighted by atomic mass is 16.5. The molecule has 0 bridgehead atoms. The van der Waals surface area contributed by atoms with Crippen LogP contribution < -0.4 is 10.1 Å². The van der Waals surface area contributed by atoms with Crippen LogP contribution in [0.2, 0.25) is 0 Å². The number of carbonyl (C=O) groups excluding carboxylic acids is 3. The van der Waals surface area contributed by atoms with E-state index in [0.29, 0.717) is 22.9 Å². The fourth-order valence-electron chi connectivity index (χ4n) is 2.68. The summed E-state index contributed by atoms with van der Waals surface area (Å²) in [5.41, 5.74) is 2.85. The first-order valence-electron chi connectivity index (χ1n) is 8.97. The molecule has 0 fully saturated rings. The highest BCUT2D eigenvalue weighted by molar-refractivity contribution is 6.02. The maximum Gasteiger partial charge on any atom is 0.331 e. The lowest BCUT2D eigenvalue weighted by Gasteiger charge is -2.18. The molecule has 1 aliphatic rings. The number of ether oxygens (including phenoxy) is 2. The standard InChI is InChI=1S/C22H21NO5/c1-14(2)16-6-3-15(4-7-16)5-10-22(26)28-12-19(24)17-8-9-20-18(11-17)23-21(25)13-27-20/h3-11,14H,12-13H2,1-2H3,(H,23,25)/b10-5+. The topological polar surface area (TPSA) is 81.7 Å². The van der Waals surface area contributed by atoms with Crippen LogP contribution in [0.1, 0.15) is 41.3 Å². The number of anilines is 1. The summed E-state index contributed by atoms with van der Waals surface area (Å²) < 4.78 is 10.3. The molecular formula is C22H21NO5. The Balaban J connectivity index is 1.55. The average molecular weight is 379 g/mol. The molecule has 0 saturated heterocycles. The molecule has 28 heavy (non-hydrogen) atoms. The van der Waals surface area contributed by atoms with Crippen LogP contribution in [-0.4, -0.2) is 30.9 Å². The van der Waals surface area contributed by atoms with E-state index in [0.717, 1.165) is 5.56 Å². The molecule has 0 aromatic heterocycles. The van der Waals surface area contributed by atoms with Crippen molar-refractivity contribution in [1.82, 2.24) is 0 Å². The first kappa shape index (κ1) is 19.4. The number of hydrogen-bond donors (Lipinski definition) is 1. The molecule has 6 nitrogen and oxygen atoms in total. The van der Waals surface area contributed by atoms with Crippen LogP contribution in [0, 0.1) is 0 Å². The number of rotatable bonds is 6. The van der Waals surface area contributed by atoms with Crippen molar-refractivity contribution in [3.05, 3.63) is 65.2 Å². The minimum Gasteiger partial charge on any atom is -0.482 e. The second-order valence-corrected chi connectivity index (χ2v) is 6.73. The third-order valence-electron chi connectivity index (χ3n) is 4.29. The van der Waals surface area contributed by atoms with Crippen LogP contribution >= 0.6 is 0 Å². The van der Waals surface area contributed by atoms with E-state index in [2.05, 4.69) is 19.2 Å². The summed E-state index contributed by atoms with van der Waals surface area (Å²) in [7, 11) is 0. The molecule has 0 saturated carbocycles. The maximum absolute atomic E-state index is 12.2. The Morgan fingerprint density at radius 1 is 1.18 bits per heavy atom. The van der Waals surface area contributed by atoms with E-state index in [1.165, 1.54) is 17.7 Å². The second-order valence-electron chi connectivity index (χ2n) is 6.73. The highest BCUT2D eigenvalue weighted by Crippen LogP contribution is 2.28. The summed E-state index contributed by atoms with van der Waals surface area (Å²) in [4.78, 5) is 35.5. The number of ketones is 1. The molecule has 1 heterocycles. The highest BCUT2D eigenvalue weighted by Gasteiger charge is 2.18. The minimum atomic E-state index is -0.601. The predicted molar refractivity (Wildman–Crippen MR) is 105 cm³/mol. The molecule has 1 aliphatic heterocycles. The summed E-state index contributed by atoms with van der Waals surface area (Å²) in [5.74, 6) is -0.311. The van der Waals surface area contributed by atoms with Gasteiger partial charge in [0, 0.05) is 11.6 Å². The van der Waals surface area contributed by atoms with E-state index >= 15 is 0 Å². The number of fused-ring (bicyclic) bond motifs is 1. The first-order chi connectivity index (χ1) is 13.4. The largest absolute Gasteiger partial charge is 0.482 e. The van der Waals surface area contributed by atoms with E-state index in [4.69, 9.17) is 9.47 Å². The van der Waals surface area contributed by atoms with Crippen LogP contribution in [0.15, 0.2) is 48.5 Å². The zero-order chi connectivity index (χ0) is 20.1. The zero-order valence-corrected chi connectivity index (χ0v) is 15.7. The van der Waals surface area contributed by atoms with Crippen molar-refractivity contribution in [2.75, 3.05) is 18.5 Å². The van der Waals surface area contributed by atoms with Crippen molar-refractivity contribution >= 4 is 29.4 Å². The zero-order valence-electron chi connectivity index (χ0n) is 15.7. The number of carbonyl (C=O) groups is 3. The van der Waals surface area contributed by atoms with Gasteiger partial charge in [0.1, 0.15) is 5.75 Å². The molecule has 0 atom stereocenters. The summed E-state index contributed by atoms with van der Waals surface area (Å²) in [5, 5.41) is 2.63. The third kappa shape index (κ3) is 4.85. The monoisotopic (exact) mass is 379 g/mol. The molecule has 6 heteroatoms. The molecule has 144 valence electrons. The Morgan fingerprint density at radius 3 is 2.64 bits per heavy atom. The fourth-order valence-corrected chi connectivity index (χ4v) is 2.68. The second kappa shape index (κ2) is 8.52. The lowest BCUT2D eigenvalue weighted by molar-refractivity contribution is -0.136. The normalized spacial score (nSPS) is 13.0. The Bertz CT molecular complexity index is 928. The van der Waals surface area contributed by atoms with Gasteiger partial charge in [-0.1, -0.05) is 38.1 Å². The van der Waals surface area contributed by atoms with E-state index in [1.54, 1.807) is 18.2 Å². The lowest BCUT2D eigenvalue weighted by atomic mass is 10.0. The number of esters is 1. The molecule has 0 aliphatic carbocycles. The van der Waals surface area contributed by atoms with Crippen LogP contribution in [0.25, 0.3) is 6.08 Å². The van der Waals surface area contributed by atoms with Gasteiger partial charge in [-0.15, -0.1) is 0 Å². The van der Waals surface area contributed by atoms with Crippen molar-refractivity contribution in [3.63, 3.8) is 0 Å². The number of Topliss-reactive ketones (excluding diaryl/α,β-unsaturated/α-hetero) is 1. The van der Waals surface area contributed by atoms with Crippen molar-refractivity contribution in [2.24, 2.45) is 0 Å². The third-order valence-corrected chi connectivity index (χ3v) is 4.29. The SMILES string of the molecule is CC(C)c1ccc(/C=C/C(=O)OCC(=O)c2ccc3c(c2)NC(=O)CO3)cc1. The summed E-state index contributed by atoms with van der Waals surface area (Å²) >= 11 is 0. The Morgan fingerprint density at radius 2 is 1.93 bits per heavy atom. The minimum absolute atomic E-state index is 0.0512. The number of nitrogens with one attached hydrogen (secondary N) is 1. The average Bonchev–Trinajstić information content (AvgIpc) is 2.70. The molecule has 1 amide bonds. The van der Waals surface area contributed by atoms with Crippen LogP contribution in [0.5, 0.6) is 5.75 Å². The van der Waals surface area contributed by atoms with Gasteiger partial charge in [-0.05, 0) is 41.3 Å². The molecule has 0 unspecified atom stereocenters. The molecule has 0 spiro atoms. The van der Waals surface area contributed by atoms with Gasteiger partial charge >= 0.3 is 5.97 Å². The molecular weight excluding hydrogens is 358 g/mol. The maximum atomic E-state index is 12.2. The molecule has 3 rings (SSSR count). The lowest BCUT2D eigenvalue weighted by Crippen LogP contribution is -2.25. The molecule has 2 aromatic rings. The molecule has 2 aromatic carbocycles. The van der Waals surface area contributed by atoms with Crippen molar-refractivity contribution < 1.29 is 23.9 Å². The van der Waals surface area contributed by atoms with Gasteiger partial charge < -0.3 is 14.8 Å². The summed E-state index contributed by atoms with van der Waals surface area (Å²) in [6.07, 6.45) is 2.93. The molecule has 0 radical (unpaired) electrons. The van der Waals surface area contributed by atoms with Gasteiger partial charge in [-0.25, -0.2) is 4.79 Å².